The summed E-state index contributed by atoms with van der Waals surface area (Å²) in [6, 6.07) is 18.9. The Balaban J connectivity index is 1.70. The number of benzene rings is 3. The molecule has 30 heavy (non-hydrogen) atoms. The number of halogens is 1. The maximum Gasteiger partial charge on any atom is 0.255 e. The van der Waals surface area contributed by atoms with Crippen molar-refractivity contribution in [1.82, 2.24) is 5.32 Å². The Kier molecular flexibility index (Phi) is 6.52. The zero-order valence-electron chi connectivity index (χ0n) is 16.6. The Morgan fingerprint density at radius 3 is 2.27 bits per heavy atom. The van der Waals surface area contributed by atoms with Gasteiger partial charge in [-0.1, -0.05) is 36.4 Å². The molecule has 3 rings (SSSR count). The normalized spacial score (nSPS) is 12.2. The minimum Gasteiger partial charge on any atom is -0.488 e. The maximum absolute atomic E-state index is 13.0. The van der Waals surface area contributed by atoms with Gasteiger partial charge in [0, 0.05) is 6.26 Å². The second-order valence-electron chi connectivity index (χ2n) is 6.95. The summed E-state index contributed by atoms with van der Waals surface area (Å²) in [6.45, 7) is 2.02. The van der Waals surface area contributed by atoms with Crippen LogP contribution in [0, 0.1) is 5.82 Å². The monoisotopic (exact) mass is 427 g/mol. The van der Waals surface area contributed by atoms with Crippen LogP contribution < -0.4 is 10.1 Å². The highest BCUT2D eigenvalue weighted by molar-refractivity contribution is 7.90. The number of rotatable bonds is 7. The molecule has 3 aromatic carbocycles. The van der Waals surface area contributed by atoms with Crippen molar-refractivity contribution in [2.24, 2.45) is 0 Å². The zero-order valence-corrected chi connectivity index (χ0v) is 17.4. The van der Waals surface area contributed by atoms with E-state index in [1.54, 1.807) is 48.5 Å². The lowest BCUT2D eigenvalue weighted by Gasteiger charge is -2.17. The third kappa shape index (κ3) is 5.45. The molecule has 3 aromatic rings. The van der Waals surface area contributed by atoms with Crippen LogP contribution >= 0.6 is 0 Å². The van der Waals surface area contributed by atoms with E-state index < -0.39 is 9.84 Å². The number of para-hydroxylation sites is 1. The summed E-state index contributed by atoms with van der Waals surface area (Å²) in [5.41, 5.74) is 1.94. The van der Waals surface area contributed by atoms with Gasteiger partial charge in [-0.05, 0) is 54.4 Å². The lowest BCUT2D eigenvalue weighted by molar-refractivity contribution is 0.0935. The fraction of sp³-hybridized carbons (Fsp3) is 0.174. The third-order valence-corrected chi connectivity index (χ3v) is 5.72. The summed E-state index contributed by atoms with van der Waals surface area (Å²) >= 11 is 0. The van der Waals surface area contributed by atoms with E-state index in [-0.39, 0.29) is 29.3 Å². The molecule has 0 bridgehead atoms. The number of amides is 1. The maximum atomic E-state index is 13.0. The van der Waals surface area contributed by atoms with E-state index in [0.717, 1.165) is 17.4 Å². The van der Waals surface area contributed by atoms with Crippen molar-refractivity contribution in [2.75, 3.05) is 6.26 Å². The van der Waals surface area contributed by atoms with Gasteiger partial charge in [-0.3, -0.25) is 4.79 Å². The zero-order chi connectivity index (χ0) is 21.7. The van der Waals surface area contributed by atoms with Crippen LogP contribution in [-0.2, 0) is 16.4 Å². The average molecular weight is 427 g/mol. The largest absolute Gasteiger partial charge is 0.488 e. The molecule has 7 heteroatoms. The van der Waals surface area contributed by atoms with Crippen LogP contribution in [0.2, 0.25) is 0 Å². The number of ether oxygens (including phenoxy) is 1. The average Bonchev–Trinajstić information content (AvgIpc) is 2.73. The highest BCUT2D eigenvalue weighted by atomic mass is 32.2. The van der Waals surface area contributed by atoms with E-state index in [9.17, 15) is 17.6 Å². The van der Waals surface area contributed by atoms with Crippen molar-refractivity contribution in [1.29, 1.82) is 0 Å². The van der Waals surface area contributed by atoms with Crippen molar-refractivity contribution in [2.45, 2.75) is 24.5 Å². The predicted octanol–water partition coefficient (Wildman–Crippen LogP) is 4.30. The first kappa shape index (κ1) is 21.5. The molecule has 1 N–H and O–H groups in total. The minimum absolute atomic E-state index is 0.201. The third-order valence-electron chi connectivity index (χ3n) is 4.60. The van der Waals surface area contributed by atoms with Gasteiger partial charge in [-0.25, -0.2) is 12.8 Å². The Labute approximate surface area is 175 Å². The number of hydrogen-bond acceptors (Lipinski definition) is 4. The highest BCUT2D eigenvalue weighted by Crippen LogP contribution is 2.22. The number of hydrogen-bond donors (Lipinski definition) is 1. The molecule has 156 valence electrons. The smallest absolute Gasteiger partial charge is 0.255 e. The summed E-state index contributed by atoms with van der Waals surface area (Å²) in [7, 11) is -3.27. The van der Waals surface area contributed by atoms with E-state index in [1.165, 1.54) is 24.3 Å². The van der Waals surface area contributed by atoms with Gasteiger partial charge in [0.2, 0.25) is 0 Å². The molecule has 0 aliphatic rings. The molecule has 1 atom stereocenters. The molecule has 0 heterocycles. The van der Waals surface area contributed by atoms with Crippen LogP contribution in [0.25, 0.3) is 0 Å². The van der Waals surface area contributed by atoms with Crippen molar-refractivity contribution in [3.05, 3.63) is 95.3 Å². The van der Waals surface area contributed by atoms with Gasteiger partial charge in [0.1, 0.15) is 18.2 Å². The number of carbonyl (C=O) groups is 1. The van der Waals surface area contributed by atoms with Crippen molar-refractivity contribution in [3.8, 4) is 5.75 Å². The Morgan fingerprint density at radius 1 is 1.00 bits per heavy atom. The van der Waals surface area contributed by atoms with Crippen LogP contribution in [0.4, 0.5) is 4.39 Å². The summed E-state index contributed by atoms with van der Waals surface area (Å²) in [5, 5.41) is 2.90. The second kappa shape index (κ2) is 9.09. The summed E-state index contributed by atoms with van der Waals surface area (Å²) in [6.07, 6.45) is 1.15. The summed E-state index contributed by atoms with van der Waals surface area (Å²) < 4.78 is 42.0. The van der Waals surface area contributed by atoms with E-state index in [4.69, 9.17) is 4.74 Å². The lowest BCUT2D eigenvalue weighted by atomic mass is 10.1. The molecule has 0 radical (unpaired) electrons. The van der Waals surface area contributed by atoms with Gasteiger partial charge in [-0.2, -0.15) is 0 Å². The van der Waals surface area contributed by atoms with Crippen LogP contribution in [0.3, 0.4) is 0 Å². The van der Waals surface area contributed by atoms with Gasteiger partial charge in [0.25, 0.3) is 5.91 Å². The molecule has 0 saturated carbocycles. The predicted molar refractivity (Wildman–Crippen MR) is 113 cm³/mol. The molecule has 0 spiro atoms. The fourth-order valence-corrected chi connectivity index (χ4v) is 3.51. The molecule has 0 saturated heterocycles. The van der Waals surface area contributed by atoms with Gasteiger partial charge < -0.3 is 10.1 Å². The van der Waals surface area contributed by atoms with Crippen molar-refractivity contribution >= 4 is 15.7 Å². The molecule has 0 aliphatic carbocycles. The lowest BCUT2D eigenvalue weighted by Crippen LogP contribution is -2.27. The topological polar surface area (TPSA) is 72.5 Å². The Morgan fingerprint density at radius 2 is 1.63 bits per heavy atom. The van der Waals surface area contributed by atoms with Gasteiger partial charge >= 0.3 is 0 Å². The van der Waals surface area contributed by atoms with Gasteiger partial charge in [-0.15, -0.1) is 0 Å². The molecule has 1 amide bonds. The number of sulfone groups is 1. The van der Waals surface area contributed by atoms with E-state index in [1.807, 2.05) is 6.92 Å². The van der Waals surface area contributed by atoms with Gasteiger partial charge in [0.15, 0.2) is 9.84 Å². The first-order valence-corrected chi connectivity index (χ1v) is 11.2. The molecule has 0 aliphatic heterocycles. The molecule has 0 fully saturated rings. The minimum atomic E-state index is -3.27. The Hall–Kier alpha value is -3.19. The Bertz CT molecular complexity index is 1130. The van der Waals surface area contributed by atoms with Crippen molar-refractivity contribution in [3.63, 3.8) is 0 Å². The first-order chi connectivity index (χ1) is 14.2. The fourth-order valence-electron chi connectivity index (χ4n) is 2.88. The summed E-state index contributed by atoms with van der Waals surface area (Å²) in [5.74, 6) is -0.222. The quantitative estimate of drug-likeness (QED) is 0.610. The van der Waals surface area contributed by atoms with E-state index in [2.05, 4.69) is 5.32 Å². The first-order valence-electron chi connectivity index (χ1n) is 9.31. The molecular formula is C23H22FNO4S. The van der Waals surface area contributed by atoms with Crippen LogP contribution in [0.15, 0.2) is 77.7 Å². The molecular weight excluding hydrogens is 405 g/mol. The van der Waals surface area contributed by atoms with Gasteiger partial charge in [0.05, 0.1) is 16.5 Å². The second-order valence-corrected chi connectivity index (χ2v) is 8.96. The van der Waals surface area contributed by atoms with Crippen LogP contribution in [-0.4, -0.2) is 20.6 Å². The van der Waals surface area contributed by atoms with Crippen LogP contribution in [0.5, 0.6) is 5.75 Å². The standard InChI is InChI=1S/C23H22FNO4S/c1-16(18-9-13-20(14-10-18)30(2,27)28)25-23(26)21-5-3-4-6-22(21)29-15-17-7-11-19(24)12-8-17/h3-14,16H,15H2,1-2H3,(H,25,26). The SMILES string of the molecule is CC(NC(=O)c1ccccc1OCc1ccc(F)cc1)c1ccc(S(C)(=O)=O)cc1. The van der Waals surface area contributed by atoms with E-state index in [0.29, 0.717) is 11.3 Å². The highest BCUT2D eigenvalue weighted by Gasteiger charge is 2.16. The molecule has 5 nitrogen and oxygen atoms in total. The van der Waals surface area contributed by atoms with Crippen molar-refractivity contribution < 1.29 is 22.3 Å². The number of nitrogens with one attached hydrogen (secondary N) is 1. The van der Waals surface area contributed by atoms with E-state index >= 15 is 0 Å². The molecule has 0 aromatic heterocycles. The van der Waals surface area contributed by atoms with Crippen LogP contribution in [0.1, 0.15) is 34.5 Å². The number of carbonyl (C=O) groups excluding carboxylic acids is 1. The summed E-state index contributed by atoms with van der Waals surface area (Å²) in [4.78, 5) is 13.0. The molecule has 1 unspecified atom stereocenters.